The summed E-state index contributed by atoms with van der Waals surface area (Å²) in [5.41, 5.74) is 2.01. The average Bonchev–Trinajstić information content (AvgIpc) is 2.60. The van der Waals surface area contributed by atoms with Crippen LogP contribution < -0.4 is 0 Å². The number of aromatic nitrogens is 1. The lowest BCUT2D eigenvalue weighted by Gasteiger charge is -2.34. The second-order valence-corrected chi connectivity index (χ2v) is 4.32. The lowest BCUT2D eigenvalue weighted by Crippen LogP contribution is -2.32. The van der Waals surface area contributed by atoms with Crippen molar-refractivity contribution in [3.63, 3.8) is 0 Å². The van der Waals surface area contributed by atoms with Crippen LogP contribution in [0.3, 0.4) is 0 Å². The molecule has 1 heterocycles. The fourth-order valence-corrected chi connectivity index (χ4v) is 2.30. The molecule has 0 bridgehead atoms. The molecule has 1 aliphatic carbocycles. The van der Waals surface area contributed by atoms with Crippen molar-refractivity contribution in [2.45, 2.75) is 24.7 Å². The molecule has 2 heteroatoms. The van der Waals surface area contributed by atoms with E-state index in [2.05, 4.69) is 29.3 Å². The number of nitrogens with zero attached hydrogens (tertiary/aromatic N) is 1. The molecule has 0 aliphatic heterocycles. The zero-order valence-corrected chi connectivity index (χ0v) is 8.46. The second kappa shape index (κ2) is 2.87. The SMILES string of the molecule is N#CC1(c2cc3ccccc3[nH]2)CCC1. The van der Waals surface area contributed by atoms with Crippen molar-refractivity contribution in [3.05, 3.63) is 36.0 Å². The molecule has 1 aromatic carbocycles. The molecular formula is C13H12N2. The maximum atomic E-state index is 9.25. The fourth-order valence-electron chi connectivity index (χ4n) is 2.30. The predicted octanol–water partition coefficient (Wildman–Crippen LogP) is 3.11. The van der Waals surface area contributed by atoms with Crippen LogP contribution in [-0.2, 0) is 5.41 Å². The molecule has 0 spiro atoms. The number of para-hydroxylation sites is 1. The van der Waals surface area contributed by atoms with E-state index in [1.54, 1.807) is 0 Å². The van der Waals surface area contributed by atoms with Gasteiger partial charge in [-0.15, -0.1) is 0 Å². The van der Waals surface area contributed by atoms with E-state index >= 15 is 0 Å². The van der Waals surface area contributed by atoms with Gasteiger partial charge in [-0.2, -0.15) is 5.26 Å². The van der Waals surface area contributed by atoms with Gasteiger partial charge in [0.1, 0.15) is 0 Å². The molecule has 1 N–H and O–H groups in total. The van der Waals surface area contributed by atoms with Gasteiger partial charge in [0.15, 0.2) is 0 Å². The smallest absolute Gasteiger partial charge is 0.0971 e. The first-order valence-corrected chi connectivity index (χ1v) is 5.34. The summed E-state index contributed by atoms with van der Waals surface area (Å²) in [6.07, 6.45) is 3.16. The molecular weight excluding hydrogens is 184 g/mol. The highest BCUT2D eigenvalue weighted by atomic mass is 14.8. The van der Waals surface area contributed by atoms with Gasteiger partial charge in [0.25, 0.3) is 0 Å². The molecule has 0 amide bonds. The van der Waals surface area contributed by atoms with Crippen LogP contribution in [0.15, 0.2) is 30.3 Å². The van der Waals surface area contributed by atoms with Gasteiger partial charge in [-0.05, 0) is 36.8 Å². The zero-order valence-electron chi connectivity index (χ0n) is 8.46. The Balaban J connectivity index is 2.16. The molecule has 0 unspecified atom stereocenters. The number of hydrogen-bond acceptors (Lipinski definition) is 1. The summed E-state index contributed by atoms with van der Waals surface area (Å²) in [5, 5.41) is 10.4. The lowest BCUT2D eigenvalue weighted by atomic mass is 9.68. The fraction of sp³-hybridized carbons (Fsp3) is 0.308. The van der Waals surface area contributed by atoms with Crippen LogP contribution >= 0.6 is 0 Å². The van der Waals surface area contributed by atoms with Crippen LogP contribution in [0.2, 0.25) is 0 Å². The first-order chi connectivity index (χ1) is 7.34. The molecule has 3 rings (SSSR count). The third-order valence-corrected chi connectivity index (χ3v) is 3.47. The molecule has 15 heavy (non-hydrogen) atoms. The first-order valence-electron chi connectivity index (χ1n) is 5.34. The number of benzene rings is 1. The third-order valence-electron chi connectivity index (χ3n) is 3.47. The summed E-state index contributed by atoms with van der Waals surface area (Å²) in [4.78, 5) is 3.37. The Morgan fingerprint density at radius 1 is 1.27 bits per heavy atom. The van der Waals surface area contributed by atoms with Crippen molar-refractivity contribution in [3.8, 4) is 6.07 Å². The number of aromatic amines is 1. The number of hydrogen-bond donors (Lipinski definition) is 1. The maximum absolute atomic E-state index is 9.25. The molecule has 74 valence electrons. The Labute approximate surface area is 88.5 Å². The van der Waals surface area contributed by atoms with E-state index in [-0.39, 0.29) is 5.41 Å². The molecule has 2 aromatic rings. The summed E-state index contributed by atoms with van der Waals surface area (Å²) in [6.45, 7) is 0. The molecule has 0 radical (unpaired) electrons. The van der Waals surface area contributed by atoms with Gasteiger partial charge >= 0.3 is 0 Å². The topological polar surface area (TPSA) is 39.6 Å². The predicted molar refractivity (Wildman–Crippen MR) is 59.4 cm³/mol. The highest BCUT2D eigenvalue weighted by Crippen LogP contribution is 2.43. The van der Waals surface area contributed by atoms with E-state index in [1.165, 1.54) is 11.8 Å². The van der Waals surface area contributed by atoms with Crippen LogP contribution in [0.25, 0.3) is 10.9 Å². The van der Waals surface area contributed by atoms with Crippen molar-refractivity contribution in [1.82, 2.24) is 4.98 Å². The summed E-state index contributed by atoms with van der Waals surface area (Å²) < 4.78 is 0. The van der Waals surface area contributed by atoms with E-state index in [4.69, 9.17) is 0 Å². The van der Waals surface area contributed by atoms with Gasteiger partial charge in [0.05, 0.1) is 11.5 Å². The van der Waals surface area contributed by atoms with Crippen molar-refractivity contribution in [1.29, 1.82) is 5.26 Å². The molecule has 1 saturated carbocycles. The first kappa shape index (κ1) is 8.55. The summed E-state index contributed by atoms with van der Waals surface area (Å²) in [6, 6.07) is 12.8. The van der Waals surface area contributed by atoms with Crippen molar-refractivity contribution in [2.24, 2.45) is 0 Å². The van der Waals surface area contributed by atoms with Gasteiger partial charge in [-0.25, -0.2) is 0 Å². The van der Waals surface area contributed by atoms with Gasteiger partial charge in [0, 0.05) is 11.2 Å². The zero-order chi connectivity index (χ0) is 10.3. The lowest BCUT2D eigenvalue weighted by molar-refractivity contribution is 0.318. The summed E-state index contributed by atoms with van der Waals surface area (Å²) >= 11 is 0. The molecule has 1 aliphatic rings. The van der Waals surface area contributed by atoms with Crippen molar-refractivity contribution < 1.29 is 0 Å². The molecule has 1 fully saturated rings. The van der Waals surface area contributed by atoms with E-state index in [0.717, 1.165) is 24.1 Å². The number of fused-ring (bicyclic) bond motifs is 1. The van der Waals surface area contributed by atoms with Crippen molar-refractivity contribution >= 4 is 10.9 Å². The third kappa shape index (κ3) is 1.10. The minimum Gasteiger partial charge on any atom is -0.357 e. The van der Waals surface area contributed by atoms with E-state index in [9.17, 15) is 5.26 Å². The normalized spacial score (nSPS) is 18.3. The minimum absolute atomic E-state index is 0.223. The Morgan fingerprint density at radius 3 is 2.67 bits per heavy atom. The summed E-state index contributed by atoms with van der Waals surface area (Å²) in [5.74, 6) is 0. The molecule has 0 atom stereocenters. The number of nitriles is 1. The number of rotatable bonds is 1. The van der Waals surface area contributed by atoms with Crippen LogP contribution in [0.5, 0.6) is 0 Å². The Bertz CT molecular complexity index is 508. The molecule has 0 saturated heterocycles. The largest absolute Gasteiger partial charge is 0.357 e. The van der Waals surface area contributed by atoms with E-state index in [1.807, 2.05) is 12.1 Å². The number of nitrogens with one attached hydrogen (secondary N) is 1. The monoisotopic (exact) mass is 196 g/mol. The Kier molecular flexibility index (Phi) is 1.63. The quantitative estimate of drug-likeness (QED) is 0.747. The highest BCUT2D eigenvalue weighted by molar-refractivity contribution is 5.80. The number of H-pyrrole nitrogens is 1. The average molecular weight is 196 g/mol. The van der Waals surface area contributed by atoms with E-state index in [0.29, 0.717) is 0 Å². The van der Waals surface area contributed by atoms with Gasteiger partial charge < -0.3 is 4.98 Å². The van der Waals surface area contributed by atoms with Crippen molar-refractivity contribution in [2.75, 3.05) is 0 Å². The second-order valence-electron chi connectivity index (χ2n) is 4.32. The van der Waals surface area contributed by atoms with Crippen LogP contribution in [0.4, 0.5) is 0 Å². The van der Waals surface area contributed by atoms with Crippen LogP contribution in [0, 0.1) is 11.3 Å². The maximum Gasteiger partial charge on any atom is 0.0971 e. The van der Waals surface area contributed by atoms with Gasteiger partial charge in [-0.3, -0.25) is 0 Å². The van der Waals surface area contributed by atoms with Crippen LogP contribution in [0.1, 0.15) is 25.0 Å². The Morgan fingerprint density at radius 2 is 2.07 bits per heavy atom. The van der Waals surface area contributed by atoms with Crippen LogP contribution in [-0.4, -0.2) is 4.98 Å². The molecule has 2 nitrogen and oxygen atoms in total. The van der Waals surface area contributed by atoms with Gasteiger partial charge in [-0.1, -0.05) is 18.2 Å². The van der Waals surface area contributed by atoms with Gasteiger partial charge in [0.2, 0.25) is 0 Å². The van der Waals surface area contributed by atoms with E-state index < -0.39 is 0 Å². The summed E-state index contributed by atoms with van der Waals surface area (Å²) in [7, 11) is 0. The highest BCUT2D eigenvalue weighted by Gasteiger charge is 2.40. The standard InChI is InChI=1S/C13H12N2/c14-9-13(6-3-7-13)12-8-10-4-1-2-5-11(10)15-12/h1-2,4-5,8,15H,3,6-7H2. The minimum atomic E-state index is -0.223. The Hall–Kier alpha value is -1.75. The molecule has 1 aromatic heterocycles.